The molecule has 0 aromatic heterocycles. The molecule has 0 saturated carbocycles. The highest BCUT2D eigenvalue weighted by Crippen LogP contribution is 2.28. The van der Waals surface area contributed by atoms with Crippen LogP contribution in [0, 0.1) is 0 Å². The van der Waals surface area contributed by atoms with E-state index in [1.54, 1.807) is 18.2 Å². The smallest absolute Gasteiger partial charge is 0.261 e. The predicted molar refractivity (Wildman–Crippen MR) is 78.6 cm³/mol. The van der Waals surface area contributed by atoms with Crippen molar-refractivity contribution in [2.24, 2.45) is 5.73 Å². The minimum Gasteiger partial charge on any atom is -0.480 e. The summed E-state index contributed by atoms with van der Waals surface area (Å²) in [6, 6.07) is 5.16. The quantitative estimate of drug-likeness (QED) is 0.838. The minimum atomic E-state index is -0.519. The van der Waals surface area contributed by atoms with Gasteiger partial charge >= 0.3 is 0 Å². The molecule has 2 rings (SSSR count). The van der Waals surface area contributed by atoms with Crippen LogP contribution in [0.1, 0.15) is 24.8 Å². The van der Waals surface area contributed by atoms with Crippen LogP contribution in [0.15, 0.2) is 18.2 Å². The third-order valence-electron chi connectivity index (χ3n) is 2.98. The van der Waals surface area contributed by atoms with Gasteiger partial charge in [-0.15, -0.1) is 0 Å². The second kappa shape index (κ2) is 6.21. The van der Waals surface area contributed by atoms with Crippen LogP contribution in [0.5, 0.6) is 5.75 Å². The number of nitrogens with two attached hydrogens (primary N) is 1. The molecule has 1 aromatic rings. The van der Waals surface area contributed by atoms with E-state index in [0.717, 1.165) is 12.8 Å². The Kier molecular flexibility index (Phi) is 4.61. The van der Waals surface area contributed by atoms with E-state index in [2.05, 4.69) is 5.32 Å². The van der Waals surface area contributed by atoms with Crippen LogP contribution in [0.3, 0.4) is 0 Å². The van der Waals surface area contributed by atoms with E-state index in [4.69, 9.17) is 34.3 Å². The number of ether oxygens (including phenoxy) is 1. The fourth-order valence-corrected chi connectivity index (χ4v) is 2.55. The third-order valence-corrected chi connectivity index (χ3v) is 3.49. The zero-order valence-electron chi connectivity index (χ0n) is 10.3. The second-order valence-corrected chi connectivity index (χ2v) is 5.22. The molecule has 1 aromatic carbocycles. The van der Waals surface area contributed by atoms with Gasteiger partial charge in [-0.05, 0) is 31.4 Å². The molecule has 1 unspecified atom stereocenters. The van der Waals surface area contributed by atoms with E-state index >= 15 is 0 Å². The number of thiocarbonyl (C=S) groups is 1. The molecule has 1 amide bonds. The lowest BCUT2D eigenvalue weighted by atomic mass is 10.1. The molecule has 1 atom stereocenters. The molecular formula is C13H15ClN2O2S. The Labute approximate surface area is 122 Å². The van der Waals surface area contributed by atoms with Crippen molar-refractivity contribution in [3.05, 3.63) is 28.8 Å². The van der Waals surface area contributed by atoms with Gasteiger partial charge in [0, 0.05) is 6.54 Å². The Bertz CT molecular complexity index is 507. The monoisotopic (exact) mass is 298 g/mol. The standard InChI is InChI=1S/C13H15ClN2O2S/c14-8-4-3-6-9(11(8)12(15)19)18-10-5-1-2-7-16-13(10)17/h3-4,6,10H,1-2,5,7H2,(H2,15,19)(H,16,17). The van der Waals surface area contributed by atoms with Crippen molar-refractivity contribution in [1.82, 2.24) is 5.32 Å². The molecule has 1 saturated heterocycles. The lowest BCUT2D eigenvalue weighted by Crippen LogP contribution is -2.36. The summed E-state index contributed by atoms with van der Waals surface area (Å²) in [4.78, 5) is 12.0. The van der Waals surface area contributed by atoms with Crippen molar-refractivity contribution in [2.45, 2.75) is 25.4 Å². The molecule has 1 aliphatic heterocycles. The van der Waals surface area contributed by atoms with Crippen LogP contribution in [-0.4, -0.2) is 23.5 Å². The molecule has 102 valence electrons. The van der Waals surface area contributed by atoms with Crippen LogP contribution in [0.4, 0.5) is 0 Å². The average molecular weight is 299 g/mol. The van der Waals surface area contributed by atoms with Gasteiger partial charge in [0.1, 0.15) is 10.7 Å². The molecule has 6 heteroatoms. The second-order valence-electron chi connectivity index (χ2n) is 4.37. The maximum Gasteiger partial charge on any atom is 0.261 e. The van der Waals surface area contributed by atoms with Gasteiger partial charge in [-0.25, -0.2) is 0 Å². The van der Waals surface area contributed by atoms with E-state index in [0.29, 0.717) is 29.3 Å². The van der Waals surface area contributed by atoms with E-state index in [1.807, 2.05) is 0 Å². The first-order valence-corrected chi connectivity index (χ1v) is 6.91. The maximum absolute atomic E-state index is 11.9. The first-order chi connectivity index (χ1) is 9.09. The SMILES string of the molecule is NC(=S)c1c(Cl)cccc1OC1CCCCNC1=O. The van der Waals surface area contributed by atoms with Crippen LogP contribution in [-0.2, 0) is 4.79 Å². The Hall–Kier alpha value is -1.33. The lowest BCUT2D eigenvalue weighted by molar-refractivity contribution is -0.127. The molecule has 3 N–H and O–H groups in total. The van der Waals surface area contributed by atoms with E-state index in [9.17, 15) is 4.79 Å². The molecule has 1 heterocycles. The average Bonchev–Trinajstić information content (AvgIpc) is 2.54. The summed E-state index contributed by atoms with van der Waals surface area (Å²) in [5, 5.41) is 3.25. The summed E-state index contributed by atoms with van der Waals surface area (Å²) in [5.74, 6) is 0.355. The first-order valence-electron chi connectivity index (χ1n) is 6.12. The van der Waals surface area contributed by atoms with Gasteiger partial charge in [0.25, 0.3) is 5.91 Å². The molecule has 4 nitrogen and oxygen atoms in total. The zero-order valence-corrected chi connectivity index (χ0v) is 11.9. The highest BCUT2D eigenvalue weighted by molar-refractivity contribution is 7.80. The number of nitrogens with one attached hydrogen (secondary N) is 1. The normalized spacial score (nSPS) is 19.4. The molecule has 0 spiro atoms. The summed E-state index contributed by atoms with van der Waals surface area (Å²) in [6.45, 7) is 0.691. The van der Waals surface area contributed by atoms with Crippen LogP contribution in [0.25, 0.3) is 0 Å². The molecule has 19 heavy (non-hydrogen) atoms. The van der Waals surface area contributed by atoms with Gasteiger partial charge in [-0.1, -0.05) is 29.9 Å². The number of carbonyl (C=O) groups is 1. The predicted octanol–water partition coefficient (Wildman–Crippen LogP) is 2.02. The molecular weight excluding hydrogens is 284 g/mol. The van der Waals surface area contributed by atoms with Gasteiger partial charge in [0.2, 0.25) is 0 Å². The number of benzene rings is 1. The van der Waals surface area contributed by atoms with Crippen LogP contribution in [0.2, 0.25) is 5.02 Å². The van der Waals surface area contributed by atoms with Crippen molar-refractivity contribution < 1.29 is 9.53 Å². The number of hydrogen-bond acceptors (Lipinski definition) is 3. The Morgan fingerprint density at radius 1 is 1.47 bits per heavy atom. The summed E-state index contributed by atoms with van der Waals surface area (Å²) >= 11 is 11.0. The van der Waals surface area contributed by atoms with Crippen LogP contribution >= 0.6 is 23.8 Å². The molecule has 0 radical (unpaired) electrons. The van der Waals surface area contributed by atoms with E-state index < -0.39 is 6.10 Å². The highest BCUT2D eigenvalue weighted by Gasteiger charge is 2.24. The maximum atomic E-state index is 11.9. The van der Waals surface area contributed by atoms with Gasteiger partial charge in [0.15, 0.2) is 6.10 Å². The minimum absolute atomic E-state index is 0.105. The topological polar surface area (TPSA) is 64.3 Å². The molecule has 0 aliphatic carbocycles. The van der Waals surface area contributed by atoms with E-state index in [-0.39, 0.29) is 10.9 Å². The fraction of sp³-hybridized carbons (Fsp3) is 0.385. The van der Waals surface area contributed by atoms with Gasteiger partial charge < -0.3 is 15.8 Å². The molecule has 1 fully saturated rings. The summed E-state index contributed by atoms with van der Waals surface area (Å²) in [7, 11) is 0. The number of rotatable bonds is 3. The number of amides is 1. The third kappa shape index (κ3) is 3.36. The first kappa shape index (κ1) is 14.1. The van der Waals surface area contributed by atoms with Crippen molar-refractivity contribution in [3.8, 4) is 5.75 Å². The van der Waals surface area contributed by atoms with Crippen LogP contribution < -0.4 is 15.8 Å². The van der Waals surface area contributed by atoms with Gasteiger partial charge in [-0.2, -0.15) is 0 Å². The number of hydrogen-bond donors (Lipinski definition) is 2. The molecule has 0 bridgehead atoms. The summed E-state index contributed by atoms with van der Waals surface area (Å²) in [6.07, 6.45) is 2.05. The van der Waals surface area contributed by atoms with Gasteiger partial charge in [-0.3, -0.25) is 4.79 Å². The Morgan fingerprint density at radius 3 is 3.00 bits per heavy atom. The summed E-state index contributed by atoms with van der Waals surface area (Å²) < 4.78 is 5.76. The van der Waals surface area contributed by atoms with Crippen molar-refractivity contribution in [2.75, 3.05) is 6.54 Å². The number of carbonyl (C=O) groups excluding carboxylic acids is 1. The lowest BCUT2D eigenvalue weighted by Gasteiger charge is -2.18. The summed E-state index contributed by atoms with van der Waals surface area (Å²) in [5.41, 5.74) is 6.14. The fourth-order valence-electron chi connectivity index (χ4n) is 2.02. The van der Waals surface area contributed by atoms with Gasteiger partial charge in [0.05, 0.1) is 10.6 Å². The zero-order chi connectivity index (χ0) is 13.8. The highest BCUT2D eigenvalue weighted by atomic mass is 35.5. The Balaban J connectivity index is 2.25. The number of halogens is 1. The van der Waals surface area contributed by atoms with Crippen molar-refractivity contribution in [1.29, 1.82) is 0 Å². The Morgan fingerprint density at radius 2 is 2.26 bits per heavy atom. The van der Waals surface area contributed by atoms with E-state index in [1.165, 1.54) is 0 Å². The molecule has 1 aliphatic rings. The van der Waals surface area contributed by atoms with Crippen molar-refractivity contribution in [3.63, 3.8) is 0 Å². The largest absolute Gasteiger partial charge is 0.480 e. The van der Waals surface area contributed by atoms with Crippen molar-refractivity contribution >= 4 is 34.7 Å².